The predicted molar refractivity (Wildman–Crippen MR) is 56.1 cm³/mol. The highest BCUT2D eigenvalue weighted by Crippen LogP contribution is 2.17. The summed E-state index contributed by atoms with van der Waals surface area (Å²) in [6.07, 6.45) is 0.452. The molecule has 1 aromatic carbocycles. The van der Waals surface area contributed by atoms with Gasteiger partial charge in [0.25, 0.3) is 0 Å². The molecule has 0 fully saturated rings. The highest BCUT2D eigenvalue weighted by Gasteiger charge is 2.21. The highest BCUT2D eigenvalue weighted by atomic mass is 19.1. The number of aliphatic carboxylic acids is 1. The van der Waals surface area contributed by atoms with E-state index in [1.165, 1.54) is 12.1 Å². The number of hydrogen-bond acceptors (Lipinski definition) is 1. The Morgan fingerprint density at radius 2 is 1.87 bits per heavy atom. The van der Waals surface area contributed by atoms with Crippen LogP contribution in [0, 0.1) is 17.7 Å². The first-order valence-electron chi connectivity index (χ1n) is 4.98. The molecule has 82 valence electrons. The number of carbonyl (C=O) groups is 1. The van der Waals surface area contributed by atoms with Crippen LogP contribution in [0.5, 0.6) is 0 Å². The molecule has 1 N–H and O–H groups in total. The van der Waals surface area contributed by atoms with Gasteiger partial charge in [0.05, 0.1) is 5.92 Å². The fourth-order valence-corrected chi connectivity index (χ4v) is 1.48. The Morgan fingerprint density at radius 1 is 1.33 bits per heavy atom. The van der Waals surface area contributed by atoms with Gasteiger partial charge in [0.1, 0.15) is 5.82 Å². The fraction of sp³-hybridized carbons (Fsp3) is 0.417. The molecule has 0 bridgehead atoms. The number of carboxylic acid groups (broad SMARTS) is 1. The lowest BCUT2D eigenvalue weighted by Gasteiger charge is -2.15. The van der Waals surface area contributed by atoms with Gasteiger partial charge < -0.3 is 5.11 Å². The van der Waals surface area contributed by atoms with Gasteiger partial charge in [-0.3, -0.25) is 4.79 Å². The maximum atomic E-state index is 12.6. The molecule has 0 spiro atoms. The number of rotatable bonds is 4. The van der Waals surface area contributed by atoms with Crippen molar-refractivity contribution in [1.82, 2.24) is 0 Å². The Bertz CT molecular complexity index is 330. The molecule has 2 nitrogen and oxygen atoms in total. The molecule has 3 heteroatoms. The van der Waals surface area contributed by atoms with Crippen LogP contribution < -0.4 is 0 Å². The summed E-state index contributed by atoms with van der Waals surface area (Å²) in [5, 5.41) is 8.99. The number of carboxylic acids is 1. The van der Waals surface area contributed by atoms with Crippen LogP contribution in [-0.4, -0.2) is 11.1 Å². The number of halogens is 1. The van der Waals surface area contributed by atoms with Crippen molar-refractivity contribution in [2.75, 3.05) is 0 Å². The average Bonchev–Trinajstić information content (AvgIpc) is 2.15. The van der Waals surface area contributed by atoms with E-state index in [9.17, 15) is 9.18 Å². The van der Waals surface area contributed by atoms with Crippen LogP contribution in [-0.2, 0) is 11.2 Å². The van der Waals surface area contributed by atoms with Gasteiger partial charge in [-0.25, -0.2) is 4.39 Å². The first-order valence-corrected chi connectivity index (χ1v) is 4.98. The zero-order valence-corrected chi connectivity index (χ0v) is 8.90. The van der Waals surface area contributed by atoms with E-state index in [1.807, 2.05) is 13.8 Å². The second-order valence-corrected chi connectivity index (χ2v) is 4.02. The summed E-state index contributed by atoms with van der Waals surface area (Å²) in [7, 11) is 0. The van der Waals surface area contributed by atoms with Crippen LogP contribution >= 0.6 is 0 Å². The minimum absolute atomic E-state index is 0.0764. The third kappa shape index (κ3) is 3.35. The number of benzene rings is 1. The zero-order chi connectivity index (χ0) is 11.4. The molecule has 0 aliphatic carbocycles. The van der Waals surface area contributed by atoms with Crippen LogP contribution in [0.4, 0.5) is 4.39 Å². The molecular formula is C12H15FO2. The molecule has 0 aromatic heterocycles. The third-order valence-corrected chi connectivity index (χ3v) is 2.49. The minimum atomic E-state index is -0.797. The smallest absolute Gasteiger partial charge is 0.307 e. The molecule has 15 heavy (non-hydrogen) atoms. The van der Waals surface area contributed by atoms with E-state index in [4.69, 9.17) is 5.11 Å². The summed E-state index contributed by atoms with van der Waals surface area (Å²) < 4.78 is 12.6. The zero-order valence-electron chi connectivity index (χ0n) is 8.90. The molecule has 0 radical (unpaired) electrons. The lowest BCUT2D eigenvalue weighted by molar-refractivity contribution is -0.143. The Balaban J connectivity index is 2.74. The van der Waals surface area contributed by atoms with Crippen molar-refractivity contribution in [3.05, 3.63) is 35.6 Å². The first kappa shape index (κ1) is 11.7. The third-order valence-electron chi connectivity index (χ3n) is 2.49. The minimum Gasteiger partial charge on any atom is -0.481 e. The van der Waals surface area contributed by atoms with Crippen molar-refractivity contribution in [2.45, 2.75) is 20.3 Å². The van der Waals surface area contributed by atoms with E-state index in [1.54, 1.807) is 12.1 Å². The Kier molecular flexibility index (Phi) is 3.83. The largest absolute Gasteiger partial charge is 0.481 e. The van der Waals surface area contributed by atoms with Crippen LogP contribution in [0.15, 0.2) is 24.3 Å². The van der Waals surface area contributed by atoms with Crippen molar-refractivity contribution in [1.29, 1.82) is 0 Å². The van der Waals surface area contributed by atoms with Gasteiger partial charge >= 0.3 is 5.97 Å². The molecular weight excluding hydrogens is 195 g/mol. The van der Waals surface area contributed by atoms with Crippen LogP contribution in [0.3, 0.4) is 0 Å². The highest BCUT2D eigenvalue weighted by molar-refractivity contribution is 5.70. The summed E-state index contributed by atoms with van der Waals surface area (Å²) >= 11 is 0. The topological polar surface area (TPSA) is 37.3 Å². The van der Waals surface area contributed by atoms with Gasteiger partial charge in [0, 0.05) is 0 Å². The van der Waals surface area contributed by atoms with Crippen molar-refractivity contribution < 1.29 is 14.3 Å². The second kappa shape index (κ2) is 4.91. The summed E-state index contributed by atoms with van der Waals surface area (Å²) in [5.74, 6) is -1.42. The van der Waals surface area contributed by atoms with Gasteiger partial charge in [-0.1, -0.05) is 26.0 Å². The molecule has 1 atom stereocenters. The standard InChI is InChI=1S/C12H15FO2/c1-8(2)11(12(14)15)7-9-3-5-10(13)6-4-9/h3-6,8,11H,7H2,1-2H3,(H,14,15). The molecule has 1 unspecified atom stereocenters. The second-order valence-electron chi connectivity index (χ2n) is 4.02. The number of hydrogen-bond donors (Lipinski definition) is 1. The Labute approximate surface area is 88.7 Å². The summed E-state index contributed by atoms with van der Waals surface area (Å²) in [4.78, 5) is 10.9. The summed E-state index contributed by atoms with van der Waals surface area (Å²) in [6.45, 7) is 3.75. The molecule has 1 aromatic rings. The summed E-state index contributed by atoms with van der Waals surface area (Å²) in [5.41, 5.74) is 0.859. The van der Waals surface area contributed by atoms with E-state index in [2.05, 4.69) is 0 Å². The average molecular weight is 210 g/mol. The van der Waals surface area contributed by atoms with Crippen molar-refractivity contribution in [3.8, 4) is 0 Å². The molecule has 0 aliphatic rings. The van der Waals surface area contributed by atoms with Crippen molar-refractivity contribution in [2.24, 2.45) is 11.8 Å². The monoisotopic (exact) mass is 210 g/mol. The predicted octanol–water partition coefficient (Wildman–Crippen LogP) is 2.73. The maximum Gasteiger partial charge on any atom is 0.307 e. The van der Waals surface area contributed by atoms with Gasteiger partial charge in [0.15, 0.2) is 0 Å². The summed E-state index contributed by atoms with van der Waals surface area (Å²) in [6, 6.07) is 5.98. The SMILES string of the molecule is CC(C)C(Cc1ccc(F)cc1)C(=O)O. The molecule has 0 amide bonds. The van der Waals surface area contributed by atoms with E-state index in [0.29, 0.717) is 6.42 Å². The van der Waals surface area contributed by atoms with Crippen LogP contribution in [0.1, 0.15) is 19.4 Å². The lowest BCUT2D eigenvalue weighted by Crippen LogP contribution is -2.22. The van der Waals surface area contributed by atoms with Gasteiger partial charge in [-0.15, -0.1) is 0 Å². The lowest BCUT2D eigenvalue weighted by atomic mass is 9.89. The van der Waals surface area contributed by atoms with Crippen LogP contribution in [0.2, 0.25) is 0 Å². The molecule has 0 heterocycles. The molecule has 1 rings (SSSR count). The fourth-order valence-electron chi connectivity index (χ4n) is 1.48. The first-order chi connectivity index (χ1) is 7.00. The van der Waals surface area contributed by atoms with Gasteiger partial charge in [0.2, 0.25) is 0 Å². The molecule has 0 saturated carbocycles. The van der Waals surface area contributed by atoms with Crippen LogP contribution in [0.25, 0.3) is 0 Å². The van der Waals surface area contributed by atoms with Gasteiger partial charge in [-0.05, 0) is 30.0 Å². The quantitative estimate of drug-likeness (QED) is 0.829. The van der Waals surface area contributed by atoms with Crippen molar-refractivity contribution >= 4 is 5.97 Å². The normalized spacial score (nSPS) is 12.8. The van der Waals surface area contributed by atoms with E-state index < -0.39 is 11.9 Å². The molecule has 0 aliphatic heterocycles. The van der Waals surface area contributed by atoms with Gasteiger partial charge in [-0.2, -0.15) is 0 Å². The van der Waals surface area contributed by atoms with E-state index >= 15 is 0 Å². The van der Waals surface area contributed by atoms with E-state index in [0.717, 1.165) is 5.56 Å². The van der Waals surface area contributed by atoms with Crippen molar-refractivity contribution in [3.63, 3.8) is 0 Å². The van der Waals surface area contributed by atoms with E-state index in [-0.39, 0.29) is 11.7 Å². The maximum absolute atomic E-state index is 12.6. The molecule has 0 saturated heterocycles. The Morgan fingerprint density at radius 3 is 2.27 bits per heavy atom. The Hall–Kier alpha value is -1.38.